The summed E-state index contributed by atoms with van der Waals surface area (Å²) < 4.78 is 0. The van der Waals surface area contributed by atoms with Gasteiger partial charge in [0, 0.05) is 11.3 Å². The Morgan fingerprint density at radius 3 is 2.53 bits per heavy atom. The third-order valence-corrected chi connectivity index (χ3v) is 3.87. The third kappa shape index (κ3) is 2.22. The molecule has 1 heteroatoms. The molecule has 0 spiro atoms. The Morgan fingerprint density at radius 1 is 1.20 bits per heavy atom. The van der Waals surface area contributed by atoms with Crippen LogP contribution in [0, 0.1) is 11.3 Å². The van der Waals surface area contributed by atoms with Gasteiger partial charge < -0.3 is 0 Å². The van der Waals surface area contributed by atoms with E-state index in [0.717, 1.165) is 19.3 Å². The van der Waals surface area contributed by atoms with E-state index in [2.05, 4.69) is 19.1 Å². The molecule has 15 heavy (non-hydrogen) atoms. The molecule has 0 aromatic heterocycles. The van der Waals surface area contributed by atoms with Gasteiger partial charge in [0.2, 0.25) is 0 Å². The molecular formula is C14H20O. The van der Waals surface area contributed by atoms with Crippen molar-refractivity contribution in [2.75, 3.05) is 0 Å². The van der Waals surface area contributed by atoms with Gasteiger partial charge in [0.1, 0.15) is 5.78 Å². The van der Waals surface area contributed by atoms with Crippen LogP contribution < -0.4 is 0 Å². The van der Waals surface area contributed by atoms with Crippen LogP contribution in [0.2, 0.25) is 0 Å². The Labute approximate surface area is 92.3 Å². The molecule has 0 aromatic carbocycles. The maximum absolute atomic E-state index is 12.4. The Bertz CT molecular complexity index is 292. The minimum absolute atomic E-state index is 0.0293. The number of hydrogen-bond acceptors (Lipinski definition) is 1. The van der Waals surface area contributed by atoms with Gasteiger partial charge in [0.25, 0.3) is 0 Å². The SMILES string of the molecule is CC1(C(=O)C2C=CC=CC2)CCCCC1. The lowest BCUT2D eigenvalue weighted by molar-refractivity contribution is -0.132. The Morgan fingerprint density at radius 2 is 1.93 bits per heavy atom. The minimum atomic E-state index is -0.0293. The van der Waals surface area contributed by atoms with E-state index in [1.165, 1.54) is 19.3 Å². The zero-order chi connectivity index (χ0) is 10.7. The predicted octanol–water partition coefficient (Wildman–Crippen LogP) is 3.66. The summed E-state index contributed by atoms with van der Waals surface area (Å²) in [5, 5.41) is 0. The van der Waals surface area contributed by atoms with Crippen molar-refractivity contribution in [3.63, 3.8) is 0 Å². The van der Waals surface area contributed by atoms with E-state index in [1.54, 1.807) is 0 Å². The number of carbonyl (C=O) groups excluding carboxylic acids is 1. The van der Waals surface area contributed by atoms with E-state index in [-0.39, 0.29) is 11.3 Å². The summed E-state index contributed by atoms with van der Waals surface area (Å²) in [6.45, 7) is 2.17. The first-order valence-corrected chi connectivity index (χ1v) is 6.10. The predicted molar refractivity (Wildman–Crippen MR) is 62.6 cm³/mol. The van der Waals surface area contributed by atoms with Gasteiger partial charge in [-0.3, -0.25) is 4.79 Å². The fourth-order valence-corrected chi connectivity index (χ4v) is 2.80. The molecule has 0 amide bonds. The van der Waals surface area contributed by atoms with E-state index >= 15 is 0 Å². The topological polar surface area (TPSA) is 17.1 Å². The highest BCUT2D eigenvalue weighted by Crippen LogP contribution is 2.39. The quantitative estimate of drug-likeness (QED) is 0.671. The van der Waals surface area contributed by atoms with Crippen LogP contribution >= 0.6 is 0 Å². The number of rotatable bonds is 2. The van der Waals surface area contributed by atoms with Crippen molar-refractivity contribution in [2.45, 2.75) is 45.4 Å². The highest BCUT2D eigenvalue weighted by molar-refractivity contribution is 5.88. The van der Waals surface area contributed by atoms with Crippen LogP contribution in [-0.2, 0) is 4.79 Å². The molecule has 0 saturated heterocycles. The first kappa shape index (κ1) is 10.7. The monoisotopic (exact) mass is 204 g/mol. The van der Waals surface area contributed by atoms with E-state index in [4.69, 9.17) is 0 Å². The maximum atomic E-state index is 12.4. The zero-order valence-electron chi connectivity index (χ0n) is 9.54. The summed E-state index contributed by atoms with van der Waals surface area (Å²) in [4.78, 5) is 12.4. The zero-order valence-corrected chi connectivity index (χ0v) is 9.54. The van der Waals surface area contributed by atoms with E-state index < -0.39 is 0 Å². The van der Waals surface area contributed by atoms with Gasteiger partial charge in [0.05, 0.1) is 0 Å². The summed E-state index contributed by atoms with van der Waals surface area (Å²) in [6, 6.07) is 0. The number of carbonyl (C=O) groups is 1. The first-order valence-electron chi connectivity index (χ1n) is 6.10. The fraction of sp³-hybridized carbons (Fsp3) is 0.643. The Hall–Kier alpha value is -0.850. The highest BCUT2D eigenvalue weighted by atomic mass is 16.1. The molecule has 0 heterocycles. The average Bonchev–Trinajstić information content (AvgIpc) is 2.30. The number of hydrogen-bond donors (Lipinski definition) is 0. The standard InChI is InChI=1S/C14H20O/c1-14(10-6-3-7-11-14)13(15)12-8-4-2-5-9-12/h2,4-5,8,12H,3,6-7,9-11H2,1H3. The fourth-order valence-electron chi connectivity index (χ4n) is 2.80. The summed E-state index contributed by atoms with van der Waals surface area (Å²) in [7, 11) is 0. The summed E-state index contributed by atoms with van der Waals surface area (Å²) in [5.74, 6) is 0.626. The molecule has 2 aliphatic carbocycles. The van der Waals surface area contributed by atoms with Crippen molar-refractivity contribution < 1.29 is 4.79 Å². The summed E-state index contributed by atoms with van der Waals surface area (Å²) in [6.07, 6.45) is 15.1. The van der Waals surface area contributed by atoms with Crippen LogP contribution in [0.4, 0.5) is 0 Å². The Balaban J connectivity index is 2.05. The highest BCUT2D eigenvalue weighted by Gasteiger charge is 2.37. The number of allylic oxidation sites excluding steroid dienone is 4. The second-order valence-corrected chi connectivity index (χ2v) is 5.14. The molecule has 0 aromatic rings. The van der Waals surface area contributed by atoms with Gasteiger partial charge in [-0.05, 0) is 19.3 Å². The number of ketones is 1. The Kier molecular flexibility index (Phi) is 3.08. The lowest BCUT2D eigenvalue weighted by Gasteiger charge is -2.34. The number of Topliss-reactive ketones (excluding diaryl/α,β-unsaturated/α-hetero) is 1. The van der Waals surface area contributed by atoms with Gasteiger partial charge in [-0.25, -0.2) is 0 Å². The van der Waals surface area contributed by atoms with Crippen molar-refractivity contribution in [2.24, 2.45) is 11.3 Å². The molecule has 0 bridgehead atoms. The maximum Gasteiger partial charge on any atom is 0.145 e. The molecule has 0 aliphatic heterocycles. The van der Waals surface area contributed by atoms with Crippen LogP contribution in [0.3, 0.4) is 0 Å². The van der Waals surface area contributed by atoms with Crippen LogP contribution in [0.1, 0.15) is 45.4 Å². The van der Waals surface area contributed by atoms with Gasteiger partial charge in [0.15, 0.2) is 0 Å². The molecular weight excluding hydrogens is 184 g/mol. The van der Waals surface area contributed by atoms with Gasteiger partial charge >= 0.3 is 0 Å². The molecule has 2 rings (SSSR count). The van der Waals surface area contributed by atoms with E-state index in [1.807, 2.05) is 12.2 Å². The largest absolute Gasteiger partial charge is 0.298 e. The van der Waals surface area contributed by atoms with E-state index in [0.29, 0.717) is 5.78 Å². The second kappa shape index (κ2) is 4.34. The third-order valence-electron chi connectivity index (χ3n) is 3.87. The smallest absolute Gasteiger partial charge is 0.145 e. The second-order valence-electron chi connectivity index (χ2n) is 5.14. The van der Waals surface area contributed by atoms with Crippen LogP contribution in [0.25, 0.3) is 0 Å². The van der Waals surface area contributed by atoms with Crippen molar-refractivity contribution >= 4 is 5.78 Å². The average molecular weight is 204 g/mol. The lowest BCUT2D eigenvalue weighted by atomic mass is 9.68. The van der Waals surface area contributed by atoms with Crippen molar-refractivity contribution in [3.05, 3.63) is 24.3 Å². The molecule has 0 radical (unpaired) electrons. The molecule has 82 valence electrons. The molecule has 0 N–H and O–H groups in total. The van der Waals surface area contributed by atoms with Crippen LogP contribution in [0.5, 0.6) is 0 Å². The first-order chi connectivity index (χ1) is 7.22. The normalized spacial score (nSPS) is 29.0. The van der Waals surface area contributed by atoms with Gasteiger partial charge in [-0.1, -0.05) is 50.5 Å². The van der Waals surface area contributed by atoms with Crippen molar-refractivity contribution in [3.8, 4) is 0 Å². The van der Waals surface area contributed by atoms with Gasteiger partial charge in [-0.15, -0.1) is 0 Å². The minimum Gasteiger partial charge on any atom is -0.298 e. The molecule has 1 nitrogen and oxygen atoms in total. The lowest BCUT2D eigenvalue weighted by Crippen LogP contribution is -2.34. The van der Waals surface area contributed by atoms with Crippen LogP contribution in [0.15, 0.2) is 24.3 Å². The van der Waals surface area contributed by atoms with E-state index in [9.17, 15) is 4.79 Å². The molecule has 1 saturated carbocycles. The van der Waals surface area contributed by atoms with Crippen molar-refractivity contribution in [1.82, 2.24) is 0 Å². The summed E-state index contributed by atoms with van der Waals surface area (Å²) in [5.41, 5.74) is -0.0293. The van der Waals surface area contributed by atoms with Gasteiger partial charge in [-0.2, -0.15) is 0 Å². The van der Waals surface area contributed by atoms with Crippen molar-refractivity contribution in [1.29, 1.82) is 0 Å². The molecule has 1 fully saturated rings. The molecule has 1 unspecified atom stereocenters. The summed E-state index contributed by atoms with van der Waals surface area (Å²) >= 11 is 0. The molecule has 1 atom stereocenters. The van der Waals surface area contributed by atoms with Crippen LogP contribution in [-0.4, -0.2) is 5.78 Å². The molecule has 2 aliphatic rings.